The van der Waals surface area contributed by atoms with Crippen molar-refractivity contribution in [1.29, 1.82) is 0 Å². The van der Waals surface area contributed by atoms with Crippen LogP contribution in [0.5, 0.6) is 11.5 Å². The number of halogens is 1. The Morgan fingerprint density at radius 1 is 1.16 bits per heavy atom. The molecule has 2 aliphatic heterocycles. The molecule has 0 aromatic heterocycles. The topological polar surface area (TPSA) is 30.5 Å². The van der Waals surface area contributed by atoms with Crippen LogP contribution in [0.25, 0.3) is 0 Å². The highest BCUT2D eigenvalue weighted by atomic mass is 79.9. The van der Waals surface area contributed by atoms with E-state index < -0.39 is 0 Å². The number of ether oxygens (including phenoxy) is 2. The van der Waals surface area contributed by atoms with Gasteiger partial charge in [-0.2, -0.15) is 0 Å². The molecule has 1 aromatic carbocycles. The minimum absolute atomic E-state index is 0.634. The average molecular weight is 326 g/mol. The van der Waals surface area contributed by atoms with Crippen molar-refractivity contribution in [3.8, 4) is 11.5 Å². The molecule has 0 amide bonds. The van der Waals surface area contributed by atoms with Crippen LogP contribution >= 0.6 is 15.9 Å². The van der Waals surface area contributed by atoms with Gasteiger partial charge >= 0.3 is 0 Å². The van der Waals surface area contributed by atoms with E-state index in [4.69, 9.17) is 9.47 Å². The molecule has 3 rings (SSSR count). The largest absolute Gasteiger partial charge is 0.489 e. The molecule has 0 unspecified atom stereocenters. The van der Waals surface area contributed by atoms with E-state index in [1.165, 1.54) is 24.0 Å². The monoisotopic (exact) mass is 325 g/mol. The van der Waals surface area contributed by atoms with Gasteiger partial charge in [-0.3, -0.25) is 0 Å². The molecule has 4 heteroatoms. The number of hydrogen-bond donors (Lipinski definition) is 1. The van der Waals surface area contributed by atoms with Gasteiger partial charge in [0.05, 0.1) is 17.7 Å². The Labute approximate surface area is 122 Å². The van der Waals surface area contributed by atoms with Crippen molar-refractivity contribution in [3.63, 3.8) is 0 Å². The van der Waals surface area contributed by atoms with Gasteiger partial charge in [0.25, 0.3) is 0 Å². The SMILES string of the molecule is Cc1c(C2CCNCC2)cc(Br)c2c1OCCCO2. The molecule has 0 saturated carbocycles. The van der Waals surface area contributed by atoms with Crippen molar-refractivity contribution in [2.24, 2.45) is 0 Å². The molecular weight excluding hydrogens is 306 g/mol. The van der Waals surface area contributed by atoms with Crippen LogP contribution in [0.4, 0.5) is 0 Å². The molecule has 0 bridgehead atoms. The first-order valence-corrected chi connectivity index (χ1v) is 7.86. The van der Waals surface area contributed by atoms with Crippen LogP contribution in [0.15, 0.2) is 10.5 Å². The number of hydrogen-bond acceptors (Lipinski definition) is 3. The zero-order chi connectivity index (χ0) is 13.2. The van der Waals surface area contributed by atoms with Crippen molar-refractivity contribution in [3.05, 3.63) is 21.7 Å². The third-order valence-corrected chi connectivity index (χ3v) is 4.63. The van der Waals surface area contributed by atoms with E-state index in [-0.39, 0.29) is 0 Å². The number of rotatable bonds is 1. The summed E-state index contributed by atoms with van der Waals surface area (Å²) in [7, 11) is 0. The quantitative estimate of drug-likeness (QED) is 0.858. The maximum Gasteiger partial charge on any atom is 0.175 e. The third-order valence-electron chi connectivity index (χ3n) is 4.04. The van der Waals surface area contributed by atoms with Crippen molar-refractivity contribution in [2.75, 3.05) is 26.3 Å². The molecule has 1 N–H and O–H groups in total. The molecule has 0 radical (unpaired) electrons. The second kappa shape index (κ2) is 5.71. The smallest absolute Gasteiger partial charge is 0.175 e. The molecule has 2 heterocycles. The van der Waals surface area contributed by atoms with E-state index in [2.05, 4.69) is 34.2 Å². The van der Waals surface area contributed by atoms with Crippen LogP contribution < -0.4 is 14.8 Å². The lowest BCUT2D eigenvalue weighted by Crippen LogP contribution is -2.27. The lowest BCUT2D eigenvalue weighted by molar-refractivity contribution is 0.296. The predicted octanol–water partition coefficient (Wildman–Crippen LogP) is 3.39. The lowest BCUT2D eigenvalue weighted by Gasteiger charge is -2.26. The normalized spacial score (nSPS) is 20.1. The Balaban J connectivity index is 2.01. The Kier molecular flexibility index (Phi) is 3.99. The van der Waals surface area contributed by atoms with Crippen molar-refractivity contribution >= 4 is 15.9 Å². The van der Waals surface area contributed by atoms with Crippen molar-refractivity contribution < 1.29 is 9.47 Å². The second-order valence-electron chi connectivity index (χ2n) is 5.31. The van der Waals surface area contributed by atoms with E-state index in [1.54, 1.807) is 0 Å². The molecule has 1 aromatic rings. The highest BCUT2D eigenvalue weighted by Crippen LogP contribution is 2.44. The van der Waals surface area contributed by atoms with Crippen LogP contribution in [0.3, 0.4) is 0 Å². The van der Waals surface area contributed by atoms with E-state index >= 15 is 0 Å². The first-order chi connectivity index (χ1) is 9.27. The molecule has 0 atom stereocenters. The average Bonchev–Trinajstić information content (AvgIpc) is 2.70. The number of fused-ring (bicyclic) bond motifs is 1. The summed E-state index contributed by atoms with van der Waals surface area (Å²) in [6, 6.07) is 2.23. The minimum atomic E-state index is 0.634. The van der Waals surface area contributed by atoms with Crippen LogP contribution in [-0.2, 0) is 0 Å². The zero-order valence-corrected chi connectivity index (χ0v) is 12.9. The van der Waals surface area contributed by atoms with Gasteiger partial charge in [0.15, 0.2) is 11.5 Å². The summed E-state index contributed by atoms with van der Waals surface area (Å²) >= 11 is 3.65. The van der Waals surface area contributed by atoms with Crippen LogP contribution in [-0.4, -0.2) is 26.3 Å². The van der Waals surface area contributed by atoms with Gasteiger partial charge < -0.3 is 14.8 Å². The van der Waals surface area contributed by atoms with Gasteiger partial charge in [-0.05, 0) is 71.9 Å². The van der Waals surface area contributed by atoms with Gasteiger partial charge in [0.1, 0.15) is 0 Å². The standard InChI is InChI=1S/C15H20BrNO2/c1-10-12(11-3-5-17-6-4-11)9-13(16)15-14(10)18-7-2-8-19-15/h9,11,17H,2-8H2,1H3. The van der Waals surface area contributed by atoms with Crippen molar-refractivity contribution in [2.45, 2.75) is 32.1 Å². The summed E-state index contributed by atoms with van der Waals surface area (Å²) in [5.41, 5.74) is 2.67. The van der Waals surface area contributed by atoms with Gasteiger partial charge in [0, 0.05) is 6.42 Å². The maximum absolute atomic E-state index is 5.92. The molecule has 2 aliphatic rings. The van der Waals surface area contributed by atoms with Gasteiger partial charge in [-0.15, -0.1) is 0 Å². The van der Waals surface area contributed by atoms with E-state index in [0.717, 1.165) is 48.7 Å². The molecule has 0 aliphatic carbocycles. The van der Waals surface area contributed by atoms with E-state index in [1.807, 2.05) is 0 Å². The molecule has 1 fully saturated rings. The fraction of sp³-hybridized carbons (Fsp3) is 0.600. The molecule has 3 nitrogen and oxygen atoms in total. The molecule has 0 spiro atoms. The number of nitrogens with one attached hydrogen (secondary N) is 1. The summed E-state index contributed by atoms with van der Waals surface area (Å²) in [5, 5.41) is 3.42. The van der Waals surface area contributed by atoms with Crippen molar-refractivity contribution in [1.82, 2.24) is 5.32 Å². The van der Waals surface area contributed by atoms with Crippen LogP contribution in [0.2, 0.25) is 0 Å². The maximum atomic E-state index is 5.92. The summed E-state index contributed by atoms with van der Waals surface area (Å²) < 4.78 is 12.8. The highest BCUT2D eigenvalue weighted by Gasteiger charge is 2.24. The van der Waals surface area contributed by atoms with Crippen LogP contribution in [0.1, 0.15) is 36.3 Å². The molecule has 19 heavy (non-hydrogen) atoms. The fourth-order valence-electron chi connectivity index (χ4n) is 2.99. The van der Waals surface area contributed by atoms with Gasteiger partial charge in [0.2, 0.25) is 0 Å². The van der Waals surface area contributed by atoms with Crippen LogP contribution in [0, 0.1) is 6.92 Å². The first-order valence-electron chi connectivity index (χ1n) is 7.06. The van der Waals surface area contributed by atoms with Gasteiger partial charge in [-0.25, -0.2) is 0 Å². The second-order valence-corrected chi connectivity index (χ2v) is 6.16. The number of benzene rings is 1. The van der Waals surface area contributed by atoms with E-state index in [0.29, 0.717) is 5.92 Å². The zero-order valence-electron chi connectivity index (χ0n) is 11.3. The summed E-state index contributed by atoms with van der Waals surface area (Å²) in [5.74, 6) is 2.46. The Bertz CT molecular complexity index is 470. The summed E-state index contributed by atoms with van der Waals surface area (Å²) in [6.07, 6.45) is 3.35. The molecular formula is C15H20BrNO2. The third kappa shape index (κ3) is 2.61. The fourth-order valence-corrected chi connectivity index (χ4v) is 3.53. The lowest BCUT2D eigenvalue weighted by atomic mass is 9.87. The Morgan fingerprint density at radius 2 is 1.84 bits per heavy atom. The highest BCUT2D eigenvalue weighted by molar-refractivity contribution is 9.10. The molecule has 104 valence electrons. The predicted molar refractivity (Wildman–Crippen MR) is 79.3 cm³/mol. The number of piperidine rings is 1. The Morgan fingerprint density at radius 3 is 2.58 bits per heavy atom. The van der Waals surface area contributed by atoms with E-state index in [9.17, 15) is 0 Å². The minimum Gasteiger partial charge on any atom is -0.489 e. The first kappa shape index (κ1) is 13.3. The summed E-state index contributed by atoms with van der Waals surface area (Å²) in [4.78, 5) is 0. The molecule has 1 saturated heterocycles. The Hall–Kier alpha value is -0.740. The summed E-state index contributed by atoms with van der Waals surface area (Å²) in [6.45, 7) is 5.86. The van der Waals surface area contributed by atoms with Gasteiger partial charge in [-0.1, -0.05) is 0 Å².